The van der Waals surface area contributed by atoms with Crippen LogP contribution in [0.2, 0.25) is 5.02 Å². The first-order valence-electron chi connectivity index (χ1n) is 9.21. The molecular formula is C21H18ClF3N2O4. The standard InChI is InChI=1S/C21H18ClF3N2O4/c1-3-26-19(29)9-14-11(2)27(17-10-16(22)18(28)8-15(14)17)20(30)12-4-6-13(7-5-12)31-21(23,24)25/h4-8,10,28H,3,9H2,1-2H3,(H,26,29). The second-order valence-electron chi connectivity index (χ2n) is 6.73. The number of hydrogen-bond acceptors (Lipinski definition) is 4. The Balaban J connectivity index is 2.08. The molecule has 3 aromatic rings. The average molecular weight is 455 g/mol. The van der Waals surface area contributed by atoms with E-state index in [4.69, 9.17) is 11.6 Å². The number of carbonyl (C=O) groups excluding carboxylic acids is 2. The van der Waals surface area contributed by atoms with Crippen molar-refractivity contribution in [3.63, 3.8) is 0 Å². The molecule has 2 aromatic carbocycles. The molecule has 6 nitrogen and oxygen atoms in total. The molecule has 3 rings (SSSR count). The maximum atomic E-state index is 13.2. The van der Waals surface area contributed by atoms with Crippen molar-refractivity contribution in [1.29, 1.82) is 0 Å². The van der Waals surface area contributed by atoms with Crippen LogP contribution in [0.5, 0.6) is 11.5 Å². The summed E-state index contributed by atoms with van der Waals surface area (Å²) >= 11 is 6.03. The van der Waals surface area contributed by atoms with Gasteiger partial charge in [-0.05, 0) is 55.8 Å². The quantitative estimate of drug-likeness (QED) is 0.591. The number of ether oxygens (including phenoxy) is 1. The Kier molecular flexibility index (Phi) is 6.17. The number of aromatic hydroxyl groups is 1. The van der Waals surface area contributed by atoms with E-state index >= 15 is 0 Å². The van der Waals surface area contributed by atoms with Crippen molar-refractivity contribution in [2.45, 2.75) is 26.6 Å². The van der Waals surface area contributed by atoms with Crippen molar-refractivity contribution >= 4 is 34.3 Å². The first-order chi connectivity index (χ1) is 14.5. The monoisotopic (exact) mass is 454 g/mol. The van der Waals surface area contributed by atoms with Crippen LogP contribution in [-0.4, -0.2) is 34.4 Å². The Hall–Kier alpha value is -3.20. The number of carbonyl (C=O) groups is 2. The molecule has 0 atom stereocenters. The molecule has 0 aliphatic rings. The number of alkyl halides is 3. The third kappa shape index (κ3) is 4.77. The molecule has 0 radical (unpaired) electrons. The summed E-state index contributed by atoms with van der Waals surface area (Å²) in [6.07, 6.45) is -4.87. The molecular weight excluding hydrogens is 437 g/mol. The van der Waals surface area contributed by atoms with E-state index in [9.17, 15) is 27.9 Å². The van der Waals surface area contributed by atoms with Gasteiger partial charge in [0.1, 0.15) is 11.5 Å². The molecule has 0 fully saturated rings. The molecule has 0 saturated heterocycles. The Morgan fingerprint density at radius 2 is 1.84 bits per heavy atom. The Bertz CT molecular complexity index is 1150. The SMILES string of the molecule is CCNC(=O)Cc1c(C)n(C(=O)c2ccc(OC(F)(F)F)cc2)c2cc(Cl)c(O)cc12. The predicted octanol–water partition coefficient (Wildman–Crippen LogP) is 4.57. The largest absolute Gasteiger partial charge is 0.573 e. The lowest BCUT2D eigenvalue weighted by Gasteiger charge is -2.11. The minimum absolute atomic E-state index is 0.0116. The Labute approximate surface area is 180 Å². The lowest BCUT2D eigenvalue weighted by Crippen LogP contribution is -2.24. The fraction of sp³-hybridized carbons (Fsp3) is 0.238. The zero-order chi connectivity index (χ0) is 22.9. The van der Waals surface area contributed by atoms with Gasteiger partial charge in [-0.2, -0.15) is 0 Å². The van der Waals surface area contributed by atoms with Gasteiger partial charge in [0, 0.05) is 23.2 Å². The molecule has 0 bridgehead atoms. The van der Waals surface area contributed by atoms with E-state index in [0.717, 1.165) is 12.1 Å². The molecule has 0 spiro atoms. The third-order valence-corrected chi connectivity index (χ3v) is 4.96. The molecule has 164 valence electrons. The highest BCUT2D eigenvalue weighted by atomic mass is 35.5. The second kappa shape index (κ2) is 8.50. The van der Waals surface area contributed by atoms with E-state index in [2.05, 4.69) is 10.1 Å². The smallest absolute Gasteiger partial charge is 0.506 e. The maximum Gasteiger partial charge on any atom is 0.573 e. The van der Waals surface area contributed by atoms with Gasteiger partial charge in [-0.3, -0.25) is 14.2 Å². The molecule has 0 saturated carbocycles. The van der Waals surface area contributed by atoms with Crippen molar-refractivity contribution in [1.82, 2.24) is 9.88 Å². The van der Waals surface area contributed by atoms with Crippen LogP contribution in [0.4, 0.5) is 13.2 Å². The van der Waals surface area contributed by atoms with Crippen molar-refractivity contribution < 1.29 is 32.6 Å². The topological polar surface area (TPSA) is 80.6 Å². The van der Waals surface area contributed by atoms with E-state index in [1.54, 1.807) is 13.8 Å². The summed E-state index contributed by atoms with van der Waals surface area (Å²) in [6.45, 7) is 3.84. The number of amides is 1. The van der Waals surface area contributed by atoms with E-state index in [1.165, 1.54) is 28.8 Å². The van der Waals surface area contributed by atoms with Gasteiger partial charge in [-0.1, -0.05) is 11.6 Å². The summed E-state index contributed by atoms with van der Waals surface area (Å²) in [7, 11) is 0. The summed E-state index contributed by atoms with van der Waals surface area (Å²) in [5.74, 6) is -1.46. The molecule has 2 N–H and O–H groups in total. The number of phenolic OH excluding ortho intramolecular Hbond substituents is 1. The number of fused-ring (bicyclic) bond motifs is 1. The number of nitrogens with zero attached hydrogens (tertiary/aromatic N) is 1. The van der Waals surface area contributed by atoms with Gasteiger partial charge < -0.3 is 15.2 Å². The number of likely N-dealkylation sites (N-methyl/N-ethyl adjacent to an activating group) is 1. The molecule has 0 aliphatic heterocycles. The summed E-state index contributed by atoms with van der Waals surface area (Å²) < 4.78 is 42.2. The Morgan fingerprint density at radius 1 is 1.19 bits per heavy atom. The predicted molar refractivity (Wildman–Crippen MR) is 109 cm³/mol. The van der Waals surface area contributed by atoms with Gasteiger partial charge in [-0.15, -0.1) is 13.2 Å². The van der Waals surface area contributed by atoms with E-state index in [0.29, 0.717) is 28.7 Å². The molecule has 0 unspecified atom stereocenters. The molecule has 0 aliphatic carbocycles. The van der Waals surface area contributed by atoms with Gasteiger partial charge in [-0.25, -0.2) is 0 Å². The van der Waals surface area contributed by atoms with E-state index in [-0.39, 0.29) is 28.7 Å². The lowest BCUT2D eigenvalue weighted by atomic mass is 10.1. The zero-order valence-corrected chi connectivity index (χ0v) is 17.3. The fourth-order valence-corrected chi connectivity index (χ4v) is 3.48. The van der Waals surface area contributed by atoms with Crippen molar-refractivity contribution in [2.24, 2.45) is 0 Å². The number of hydrogen-bond donors (Lipinski definition) is 2. The first-order valence-corrected chi connectivity index (χ1v) is 9.59. The van der Waals surface area contributed by atoms with Gasteiger partial charge in [0.25, 0.3) is 5.91 Å². The third-order valence-electron chi connectivity index (χ3n) is 4.65. The van der Waals surface area contributed by atoms with Crippen LogP contribution in [0.1, 0.15) is 28.5 Å². The zero-order valence-electron chi connectivity index (χ0n) is 16.5. The van der Waals surface area contributed by atoms with Crippen molar-refractivity contribution in [2.75, 3.05) is 6.54 Å². The number of aromatic nitrogens is 1. The summed E-state index contributed by atoms with van der Waals surface area (Å²) in [5, 5.41) is 13.2. The van der Waals surface area contributed by atoms with Gasteiger partial charge >= 0.3 is 6.36 Å². The number of rotatable bonds is 5. The van der Waals surface area contributed by atoms with E-state index < -0.39 is 18.0 Å². The minimum atomic E-state index is -4.84. The van der Waals surface area contributed by atoms with Gasteiger partial charge in [0.05, 0.1) is 17.0 Å². The molecule has 1 heterocycles. The van der Waals surface area contributed by atoms with Crippen LogP contribution in [0.25, 0.3) is 10.9 Å². The summed E-state index contributed by atoms with van der Waals surface area (Å²) in [4.78, 5) is 25.4. The van der Waals surface area contributed by atoms with Crippen LogP contribution >= 0.6 is 11.6 Å². The highest BCUT2D eigenvalue weighted by molar-refractivity contribution is 6.33. The summed E-state index contributed by atoms with van der Waals surface area (Å²) in [5.41, 5.74) is 1.44. The van der Waals surface area contributed by atoms with Crippen LogP contribution in [0.15, 0.2) is 36.4 Å². The summed E-state index contributed by atoms with van der Waals surface area (Å²) in [6, 6.07) is 7.27. The minimum Gasteiger partial charge on any atom is -0.506 e. The molecule has 1 aromatic heterocycles. The van der Waals surface area contributed by atoms with Crippen LogP contribution in [-0.2, 0) is 11.2 Å². The van der Waals surface area contributed by atoms with Crippen LogP contribution < -0.4 is 10.1 Å². The average Bonchev–Trinajstić information content (AvgIpc) is 2.92. The molecule has 10 heteroatoms. The normalized spacial score (nSPS) is 11.5. The molecule has 31 heavy (non-hydrogen) atoms. The lowest BCUT2D eigenvalue weighted by molar-refractivity contribution is -0.274. The fourth-order valence-electron chi connectivity index (χ4n) is 3.32. The van der Waals surface area contributed by atoms with Crippen molar-refractivity contribution in [3.8, 4) is 11.5 Å². The van der Waals surface area contributed by atoms with Crippen LogP contribution in [0.3, 0.4) is 0 Å². The number of benzene rings is 2. The molecule has 1 amide bonds. The number of phenols is 1. The Morgan fingerprint density at radius 3 is 2.42 bits per heavy atom. The van der Waals surface area contributed by atoms with Gasteiger partial charge in [0.15, 0.2) is 0 Å². The maximum absolute atomic E-state index is 13.2. The first kappa shape index (κ1) is 22.5. The highest BCUT2D eigenvalue weighted by Gasteiger charge is 2.31. The van der Waals surface area contributed by atoms with E-state index in [1.807, 2.05) is 0 Å². The van der Waals surface area contributed by atoms with Crippen molar-refractivity contribution in [3.05, 3.63) is 58.2 Å². The van der Waals surface area contributed by atoms with Gasteiger partial charge in [0.2, 0.25) is 5.91 Å². The number of nitrogens with one attached hydrogen (secondary N) is 1. The highest BCUT2D eigenvalue weighted by Crippen LogP contribution is 2.35. The number of halogens is 4. The van der Waals surface area contributed by atoms with Crippen LogP contribution in [0, 0.1) is 6.92 Å². The second-order valence-corrected chi connectivity index (χ2v) is 7.13.